The van der Waals surface area contributed by atoms with Gasteiger partial charge >= 0.3 is 0 Å². The molecule has 1 aromatic rings. The van der Waals surface area contributed by atoms with E-state index in [2.05, 4.69) is 5.32 Å². The molecule has 108 valence electrons. The van der Waals surface area contributed by atoms with E-state index in [1.807, 2.05) is 0 Å². The molecule has 4 nitrogen and oxygen atoms in total. The average Bonchev–Trinajstić information content (AvgIpc) is 2.95. The number of nitrogens with one attached hydrogen (secondary N) is 1. The molecule has 20 heavy (non-hydrogen) atoms. The van der Waals surface area contributed by atoms with Crippen LogP contribution >= 0.6 is 0 Å². The third-order valence-electron chi connectivity index (χ3n) is 2.99. The Hall–Kier alpha value is -1.71. The fraction of sp³-hybridized carbons (Fsp3) is 0.562. The van der Waals surface area contributed by atoms with Gasteiger partial charge in [0.05, 0.1) is 14.6 Å². The highest BCUT2D eigenvalue weighted by Crippen LogP contribution is 2.35. The van der Waals surface area contributed by atoms with E-state index in [0.29, 0.717) is 0 Å². The lowest BCUT2D eigenvalue weighted by atomic mass is 9.98. The number of carbonyl (C=O) groups is 1. The highest BCUT2D eigenvalue weighted by atomic mass is 16.5. The number of rotatable bonds is 4. The minimum absolute atomic E-state index is 0.0453. The summed E-state index contributed by atoms with van der Waals surface area (Å²) in [7, 11) is 1.22. The van der Waals surface area contributed by atoms with E-state index in [1.54, 1.807) is 0 Å². The van der Waals surface area contributed by atoms with E-state index in [4.69, 9.17) is 24.6 Å². The Bertz CT molecular complexity index is 892. The second kappa shape index (κ2) is 5.73. The molecule has 1 atom stereocenters. The summed E-state index contributed by atoms with van der Waals surface area (Å²) in [5, 5.41) is 2.39. The molecule has 2 aliphatic rings. The minimum Gasteiger partial charge on any atom is -0.493 e. The van der Waals surface area contributed by atoms with Crippen molar-refractivity contribution in [1.82, 2.24) is 5.32 Å². The van der Waals surface area contributed by atoms with E-state index in [9.17, 15) is 4.79 Å². The van der Waals surface area contributed by atoms with Crippen LogP contribution in [0.15, 0.2) is 18.2 Å². The molecule has 1 heterocycles. The molecule has 1 aliphatic carbocycles. The summed E-state index contributed by atoms with van der Waals surface area (Å²) in [5.41, 5.74) is 0.216. The molecule has 3 rings (SSSR count). The van der Waals surface area contributed by atoms with E-state index in [-0.39, 0.29) is 17.9 Å². The van der Waals surface area contributed by atoms with Gasteiger partial charge in [0.2, 0.25) is 5.91 Å². The maximum absolute atomic E-state index is 11.8. The van der Waals surface area contributed by atoms with Crippen LogP contribution < -0.4 is 14.8 Å². The van der Waals surface area contributed by atoms with Gasteiger partial charge in [0.25, 0.3) is 0 Å². The molecule has 4 heteroatoms. The second-order valence-corrected chi connectivity index (χ2v) is 4.25. The molecule has 0 radical (unpaired) electrons. The maximum Gasteiger partial charge on any atom is 0.220 e. The van der Waals surface area contributed by atoms with Gasteiger partial charge in [0, 0.05) is 32.5 Å². The van der Waals surface area contributed by atoms with Crippen molar-refractivity contribution in [2.45, 2.75) is 43.9 Å². The summed E-state index contributed by atoms with van der Waals surface area (Å²) in [6.45, 7) is -0.0453. The number of hydrogen-bond acceptors (Lipinski definition) is 3. The molecule has 1 aromatic carbocycles. The molecule has 1 unspecified atom stereocenters. The molecular weight excluding hydrogens is 254 g/mol. The SMILES string of the molecule is [2H]C1([2H])C(=O)NCC1c1ccc(OC)c(OC2([2H])C([2H])([2H])C([2H])([2H])C([2H])([2H])C2([2H])[2H])c1. The van der Waals surface area contributed by atoms with Crippen molar-refractivity contribution in [3.05, 3.63) is 23.8 Å². The largest absolute Gasteiger partial charge is 0.493 e. The van der Waals surface area contributed by atoms with Gasteiger partial charge in [-0.05, 0) is 43.2 Å². The van der Waals surface area contributed by atoms with Crippen molar-refractivity contribution >= 4 is 5.91 Å². The van der Waals surface area contributed by atoms with Crippen LogP contribution in [-0.2, 0) is 4.79 Å². The minimum atomic E-state index is -3.44. The van der Waals surface area contributed by atoms with Crippen molar-refractivity contribution < 1.29 is 29.3 Å². The van der Waals surface area contributed by atoms with Crippen LogP contribution in [-0.4, -0.2) is 25.6 Å². The first kappa shape index (κ1) is 5.58. The molecule has 1 saturated heterocycles. The molecule has 1 amide bonds. The molecule has 2 fully saturated rings. The van der Waals surface area contributed by atoms with E-state index in [0.717, 1.165) is 6.07 Å². The summed E-state index contributed by atoms with van der Waals surface area (Å²) in [5.74, 6) is -2.29. The smallest absolute Gasteiger partial charge is 0.220 e. The lowest BCUT2D eigenvalue weighted by Gasteiger charge is -2.18. The first-order chi connectivity index (χ1) is 13.9. The Morgan fingerprint density at radius 2 is 2.15 bits per heavy atom. The van der Waals surface area contributed by atoms with Gasteiger partial charge in [-0.2, -0.15) is 0 Å². The first-order valence-corrected chi connectivity index (χ1v) is 6.05. The zero-order valence-electron chi connectivity index (χ0n) is 21.7. The summed E-state index contributed by atoms with van der Waals surface area (Å²) in [6, 6.07) is 3.89. The molecule has 0 bridgehead atoms. The number of ether oxygens (including phenoxy) is 2. The lowest BCUT2D eigenvalue weighted by molar-refractivity contribution is -0.119. The van der Waals surface area contributed by atoms with Crippen LogP contribution in [0.5, 0.6) is 11.5 Å². The summed E-state index contributed by atoms with van der Waals surface area (Å²) >= 11 is 0. The predicted octanol–water partition coefficient (Wildman–Crippen LogP) is 2.62. The van der Waals surface area contributed by atoms with E-state index < -0.39 is 55.5 Å². The van der Waals surface area contributed by atoms with Crippen LogP contribution in [0.2, 0.25) is 0 Å². The summed E-state index contributed by atoms with van der Waals surface area (Å²) in [6.07, 6.45) is -19.4. The zero-order valence-corrected chi connectivity index (χ0v) is 10.7. The summed E-state index contributed by atoms with van der Waals surface area (Å²) < 4.78 is 98.7. The highest BCUT2D eigenvalue weighted by Gasteiger charge is 2.25. The Morgan fingerprint density at radius 1 is 1.35 bits per heavy atom. The Balaban J connectivity index is 2.13. The van der Waals surface area contributed by atoms with Gasteiger partial charge in [0.15, 0.2) is 11.5 Å². The topological polar surface area (TPSA) is 47.6 Å². The lowest BCUT2D eigenvalue weighted by Crippen LogP contribution is -2.14. The second-order valence-electron chi connectivity index (χ2n) is 4.25. The Labute approximate surface area is 134 Å². The van der Waals surface area contributed by atoms with Crippen LogP contribution in [0.1, 0.15) is 58.4 Å². The fourth-order valence-electron chi connectivity index (χ4n) is 2.01. The average molecular weight is 286 g/mol. The monoisotopic (exact) mass is 286 g/mol. The van der Waals surface area contributed by atoms with Crippen molar-refractivity contribution in [3.63, 3.8) is 0 Å². The Kier molecular flexibility index (Phi) is 1.60. The Morgan fingerprint density at radius 3 is 2.80 bits per heavy atom. The molecule has 1 aliphatic heterocycles. The first-order valence-electron chi connectivity index (χ1n) is 11.6. The third kappa shape index (κ3) is 2.74. The summed E-state index contributed by atoms with van der Waals surface area (Å²) in [4.78, 5) is 11.8. The standard InChI is InChI=1S/C16H21NO3/c1-19-14-7-6-11(12-9-16(18)17-10-12)8-15(14)20-13-4-2-3-5-13/h6-8,12-13H,2-5,9-10H2,1H3,(H,17,18)/i2D2,3D2,4D2,5D2,9D2,13D. The molecule has 1 saturated carbocycles. The number of methoxy groups -OCH3 is 1. The number of hydrogen-bond donors (Lipinski definition) is 1. The predicted molar refractivity (Wildman–Crippen MR) is 76.2 cm³/mol. The maximum atomic E-state index is 11.8. The molecule has 0 aromatic heterocycles. The molecule has 0 spiro atoms. The van der Waals surface area contributed by atoms with Gasteiger partial charge in [0.1, 0.15) is 0 Å². The number of amides is 1. The van der Waals surface area contributed by atoms with Crippen molar-refractivity contribution in [2.24, 2.45) is 0 Å². The van der Waals surface area contributed by atoms with Crippen LogP contribution in [0.3, 0.4) is 0 Å². The van der Waals surface area contributed by atoms with Gasteiger partial charge < -0.3 is 14.8 Å². The highest BCUT2D eigenvalue weighted by molar-refractivity contribution is 5.79. The van der Waals surface area contributed by atoms with Crippen molar-refractivity contribution in [2.75, 3.05) is 13.7 Å². The third-order valence-corrected chi connectivity index (χ3v) is 2.99. The molecule has 1 N–H and O–H groups in total. The quantitative estimate of drug-likeness (QED) is 0.925. The van der Waals surface area contributed by atoms with Crippen LogP contribution in [0.25, 0.3) is 0 Å². The fourth-order valence-corrected chi connectivity index (χ4v) is 2.01. The molecular formula is C16H21NO3. The number of carbonyl (C=O) groups excluding carboxylic acids is 1. The zero-order chi connectivity index (χ0) is 23.8. The van der Waals surface area contributed by atoms with Gasteiger partial charge in [-0.1, -0.05) is 6.07 Å². The van der Waals surface area contributed by atoms with Crippen LogP contribution in [0, 0.1) is 0 Å². The van der Waals surface area contributed by atoms with Crippen molar-refractivity contribution in [3.8, 4) is 11.5 Å². The van der Waals surface area contributed by atoms with Gasteiger partial charge in [-0.3, -0.25) is 4.79 Å². The number of benzene rings is 1. The van der Waals surface area contributed by atoms with Gasteiger partial charge in [-0.15, -0.1) is 0 Å². The normalized spacial score (nSPS) is 45.1. The van der Waals surface area contributed by atoms with E-state index in [1.165, 1.54) is 19.2 Å². The van der Waals surface area contributed by atoms with E-state index >= 15 is 0 Å². The van der Waals surface area contributed by atoms with Crippen molar-refractivity contribution in [1.29, 1.82) is 0 Å². The van der Waals surface area contributed by atoms with Gasteiger partial charge in [-0.25, -0.2) is 0 Å². The van der Waals surface area contributed by atoms with Crippen LogP contribution in [0.4, 0.5) is 0 Å².